The summed E-state index contributed by atoms with van der Waals surface area (Å²) in [4.78, 5) is 15.9. The van der Waals surface area contributed by atoms with Gasteiger partial charge in [0.15, 0.2) is 0 Å². The third kappa shape index (κ3) is 5.86. The van der Waals surface area contributed by atoms with Crippen LogP contribution in [-0.4, -0.2) is 89.0 Å². The molecule has 112 valence electrons. The highest BCUT2D eigenvalue weighted by atomic mass is 16.5. The van der Waals surface area contributed by atoms with Gasteiger partial charge in [0, 0.05) is 60.6 Å². The van der Waals surface area contributed by atoms with Crippen molar-refractivity contribution >= 4 is 5.91 Å². The molecule has 0 saturated carbocycles. The van der Waals surface area contributed by atoms with Crippen LogP contribution in [0.2, 0.25) is 0 Å². The Kier molecular flexibility index (Phi) is 7.97. The summed E-state index contributed by atoms with van der Waals surface area (Å²) in [7, 11) is 5.30. The van der Waals surface area contributed by atoms with E-state index in [1.165, 1.54) is 0 Å². The molecule has 6 heteroatoms. The number of carbonyl (C=O) groups excluding carboxylic acids is 1. The zero-order chi connectivity index (χ0) is 14.1. The maximum absolute atomic E-state index is 12.1. The van der Waals surface area contributed by atoms with Crippen molar-refractivity contribution in [1.29, 1.82) is 0 Å². The van der Waals surface area contributed by atoms with Crippen LogP contribution in [0, 0.1) is 0 Å². The Bertz CT molecular complexity index is 262. The Morgan fingerprint density at radius 1 is 1.37 bits per heavy atom. The van der Waals surface area contributed by atoms with E-state index in [1.54, 1.807) is 26.1 Å². The van der Waals surface area contributed by atoms with Gasteiger partial charge >= 0.3 is 0 Å². The molecule has 1 amide bonds. The normalized spacial score (nSPS) is 20.5. The Balaban J connectivity index is 2.26. The minimum absolute atomic E-state index is 0.0636. The van der Waals surface area contributed by atoms with Crippen LogP contribution in [0.3, 0.4) is 0 Å². The number of nitrogens with zero attached hydrogens (tertiary/aromatic N) is 2. The molecule has 0 aromatic heterocycles. The van der Waals surface area contributed by atoms with E-state index in [9.17, 15) is 4.79 Å². The number of rotatable bonds is 8. The Morgan fingerprint density at radius 2 is 2.16 bits per heavy atom. The van der Waals surface area contributed by atoms with Crippen LogP contribution in [0.4, 0.5) is 0 Å². The van der Waals surface area contributed by atoms with Gasteiger partial charge < -0.3 is 19.7 Å². The molecule has 1 saturated heterocycles. The van der Waals surface area contributed by atoms with E-state index in [0.29, 0.717) is 13.2 Å². The molecule has 1 N–H and O–H groups in total. The van der Waals surface area contributed by atoms with Gasteiger partial charge in [0.1, 0.15) is 6.04 Å². The van der Waals surface area contributed by atoms with Crippen LogP contribution < -0.4 is 5.32 Å². The van der Waals surface area contributed by atoms with Gasteiger partial charge in [0.05, 0.1) is 6.61 Å². The fraction of sp³-hybridized carbons (Fsp3) is 0.923. The lowest BCUT2D eigenvalue weighted by Crippen LogP contribution is -2.58. The summed E-state index contributed by atoms with van der Waals surface area (Å²) < 4.78 is 10.5. The number of amides is 1. The number of likely N-dealkylation sites (N-methyl/N-ethyl adjacent to an activating group) is 1. The van der Waals surface area contributed by atoms with Crippen molar-refractivity contribution in [2.75, 3.05) is 67.2 Å². The molecule has 0 aromatic rings. The van der Waals surface area contributed by atoms with Crippen molar-refractivity contribution in [2.45, 2.75) is 12.5 Å². The smallest absolute Gasteiger partial charge is 0.240 e. The predicted octanol–water partition coefficient (Wildman–Crippen LogP) is -0.598. The number of methoxy groups -OCH3 is 1. The zero-order valence-corrected chi connectivity index (χ0v) is 12.4. The second kappa shape index (κ2) is 9.25. The molecular formula is C13H27N3O3. The van der Waals surface area contributed by atoms with Crippen LogP contribution in [0.15, 0.2) is 0 Å². The van der Waals surface area contributed by atoms with Crippen LogP contribution in [0.1, 0.15) is 6.42 Å². The van der Waals surface area contributed by atoms with E-state index in [-0.39, 0.29) is 11.9 Å². The van der Waals surface area contributed by atoms with E-state index >= 15 is 0 Å². The van der Waals surface area contributed by atoms with Crippen molar-refractivity contribution in [2.24, 2.45) is 0 Å². The first-order chi connectivity index (χ1) is 9.16. The van der Waals surface area contributed by atoms with E-state index in [1.807, 2.05) is 0 Å². The molecule has 0 aliphatic carbocycles. The second-order valence-electron chi connectivity index (χ2n) is 4.95. The number of hydrogen-bond acceptors (Lipinski definition) is 5. The minimum Gasteiger partial charge on any atom is -0.385 e. The fourth-order valence-corrected chi connectivity index (χ4v) is 2.14. The molecule has 1 aliphatic rings. The molecule has 1 unspecified atom stereocenters. The molecule has 6 nitrogen and oxygen atoms in total. The van der Waals surface area contributed by atoms with E-state index < -0.39 is 0 Å². The largest absolute Gasteiger partial charge is 0.385 e. The highest BCUT2D eigenvalue weighted by Gasteiger charge is 2.29. The first-order valence-corrected chi connectivity index (χ1v) is 6.89. The van der Waals surface area contributed by atoms with Gasteiger partial charge in [-0.2, -0.15) is 0 Å². The topological polar surface area (TPSA) is 54.0 Å². The second-order valence-corrected chi connectivity index (χ2v) is 4.95. The lowest BCUT2D eigenvalue weighted by Gasteiger charge is -2.36. The highest BCUT2D eigenvalue weighted by molar-refractivity contribution is 5.81. The number of ether oxygens (including phenoxy) is 2. The molecule has 0 bridgehead atoms. The first kappa shape index (κ1) is 16.4. The summed E-state index contributed by atoms with van der Waals surface area (Å²) in [5, 5.41) is 3.27. The van der Waals surface area contributed by atoms with Crippen LogP contribution >= 0.6 is 0 Å². The van der Waals surface area contributed by atoms with E-state index in [0.717, 1.165) is 39.2 Å². The monoisotopic (exact) mass is 273 g/mol. The quantitative estimate of drug-likeness (QED) is 0.599. The molecule has 1 heterocycles. The van der Waals surface area contributed by atoms with Gasteiger partial charge in [-0.15, -0.1) is 0 Å². The van der Waals surface area contributed by atoms with Gasteiger partial charge in [0.25, 0.3) is 0 Å². The summed E-state index contributed by atoms with van der Waals surface area (Å²) in [6.07, 6.45) is 0.915. The molecule has 0 spiro atoms. The van der Waals surface area contributed by atoms with E-state index in [2.05, 4.69) is 10.2 Å². The predicted molar refractivity (Wildman–Crippen MR) is 74.2 cm³/mol. The molecule has 1 rings (SSSR count). The van der Waals surface area contributed by atoms with Crippen molar-refractivity contribution in [3.63, 3.8) is 0 Å². The van der Waals surface area contributed by atoms with Crippen molar-refractivity contribution in [3.05, 3.63) is 0 Å². The van der Waals surface area contributed by atoms with Gasteiger partial charge in [-0.3, -0.25) is 9.69 Å². The summed E-state index contributed by atoms with van der Waals surface area (Å²) >= 11 is 0. The highest BCUT2D eigenvalue weighted by Crippen LogP contribution is 2.05. The summed E-state index contributed by atoms with van der Waals surface area (Å²) in [6, 6.07) is -0.0636. The molecule has 0 aromatic carbocycles. The van der Waals surface area contributed by atoms with Gasteiger partial charge in [-0.25, -0.2) is 0 Å². The molecular weight excluding hydrogens is 246 g/mol. The summed E-state index contributed by atoms with van der Waals surface area (Å²) in [5.41, 5.74) is 0. The maximum Gasteiger partial charge on any atom is 0.240 e. The van der Waals surface area contributed by atoms with Gasteiger partial charge in [0.2, 0.25) is 5.91 Å². The lowest BCUT2D eigenvalue weighted by molar-refractivity contribution is -0.135. The van der Waals surface area contributed by atoms with Crippen LogP contribution in [-0.2, 0) is 14.3 Å². The zero-order valence-electron chi connectivity index (χ0n) is 12.4. The molecule has 1 fully saturated rings. The van der Waals surface area contributed by atoms with Crippen molar-refractivity contribution < 1.29 is 14.3 Å². The van der Waals surface area contributed by atoms with Crippen molar-refractivity contribution in [1.82, 2.24) is 15.1 Å². The molecule has 1 atom stereocenters. The van der Waals surface area contributed by atoms with Crippen LogP contribution in [0.5, 0.6) is 0 Å². The number of carbonyl (C=O) groups is 1. The van der Waals surface area contributed by atoms with Crippen molar-refractivity contribution in [3.8, 4) is 0 Å². The Hall–Kier alpha value is -0.690. The number of hydrogen-bond donors (Lipinski definition) is 1. The molecule has 1 aliphatic heterocycles. The summed E-state index contributed by atoms with van der Waals surface area (Å²) in [6.45, 7) is 5.47. The van der Waals surface area contributed by atoms with E-state index in [4.69, 9.17) is 9.47 Å². The minimum atomic E-state index is -0.0636. The first-order valence-electron chi connectivity index (χ1n) is 6.89. The summed E-state index contributed by atoms with van der Waals surface area (Å²) in [5.74, 6) is 0.159. The number of piperazine rings is 1. The molecule has 19 heavy (non-hydrogen) atoms. The Labute approximate surface area is 116 Å². The third-order valence-corrected chi connectivity index (χ3v) is 3.24. The molecule has 0 radical (unpaired) electrons. The van der Waals surface area contributed by atoms with Gasteiger partial charge in [-0.05, 0) is 6.42 Å². The Morgan fingerprint density at radius 3 is 2.84 bits per heavy atom. The standard InChI is InChI=1S/C13H27N3O3/c1-15(2)13(17)12-11-14-5-6-16(12)7-10-19-9-4-8-18-3/h12,14H,4-11H2,1-3H3. The van der Waals surface area contributed by atoms with Crippen LogP contribution in [0.25, 0.3) is 0 Å². The number of nitrogens with one attached hydrogen (secondary N) is 1. The average Bonchev–Trinajstić information content (AvgIpc) is 2.42. The fourth-order valence-electron chi connectivity index (χ4n) is 2.14. The SMILES string of the molecule is COCCCOCCN1CCNCC1C(=O)N(C)C. The average molecular weight is 273 g/mol. The van der Waals surface area contributed by atoms with Gasteiger partial charge in [-0.1, -0.05) is 0 Å². The lowest BCUT2D eigenvalue weighted by atomic mass is 10.1. The third-order valence-electron chi connectivity index (χ3n) is 3.24. The maximum atomic E-state index is 12.1.